The van der Waals surface area contributed by atoms with E-state index in [1.165, 1.54) is 5.56 Å². The van der Waals surface area contributed by atoms with Crippen LogP contribution in [0.3, 0.4) is 0 Å². The molecule has 0 atom stereocenters. The molecule has 5 heteroatoms. The Bertz CT molecular complexity index is 590. The van der Waals surface area contributed by atoms with Crippen molar-refractivity contribution in [2.75, 3.05) is 18.0 Å². The number of nitrogens with one attached hydrogen (secondary N) is 1. The van der Waals surface area contributed by atoms with E-state index in [4.69, 9.17) is 0 Å². The Balaban J connectivity index is 1.82. The number of aromatic nitrogens is 3. The Hall–Kier alpha value is -1.88. The molecule has 3 heterocycles. The van der Waals surface area contributed by atoms with Gasteiger partial charge in [-0.2, -0.15) is 0 Å². The minimum absolute atomic E-state index is 0.837. The molecule has 0 aliphatic carbocycles. The van der Waals surface area contributed by atoms with Crippen LogP contribution in [0, 0.1) is 6.92 Å². The minimum atomic E-state index is 0.837. The van der Waals surface area contributed by atoms with E-state index in [1.54, 1.807) is 0 Å². The summed E-state index contributed by atoms with van der Waals surface area (Å²) in [6.07, 6.45) is 3.92. The zero-order valence-corrected chi connectivity index (χ0v) is 12.1. The smallest absolute Gasteiger partial charge is 0.129 e. The summed E-state index contributed by atoms with van der Waals surface area (Å²) in [6, 6.07) is 4.34. The van der Waals surface area contributed by atoms with Crippen molar-refractivity contribution < 1.29 is 0 Å². The van der Waals surface area contributed by atoms with Crippen LogP contribution in [0.5, 0.6) is 0 Å². The van der Waals surface area contributed by atoms with Crippen molar-refractivity contribution in [3.8, 4) is 0 Å². The van der Waals surface area contributed by atoms with E-state index >= 15 is 0 Å². The second-order valence-electron chi connectivity index (χ2n) is 5.21. The summed E-state index contributed by atoms with van der Waals surface area (Å²) in [5, 5.41) is 3.37. The van der Waals surface area contributed by atoms with Crippen molar-refractivity contribution in [2.45, 2.75) is 33.5 Å². The highest BCUT2D eigenvalue weighted by Gasteiger charge is 2.18. The summed E-state index contributed by atoms with van der Waals surface area (Å²) < 4.78 is 2.21. The zero-order chi connectivity index (χ0) is 13.9. The number of aryl methyl sites for hydroxylation is 1. The Morgan fingerprint density at radius 2 is 2.20 bits per heavy atom. The standard InChI is InChI=1S/C15H21N5/c1-3-16-10-13-8-12(2)18-14(9-13)20-7-6-19-5-4-17-15(19)11-20/h4-5,8-9,16H,3,6-7,10-11H2,1-2H3. The highest BCUT2D eigenvalue weighted by Crippen LogP contribution is 2.20. The van der Waals surface area contributed by atoms with Gasteiger partial charge in [0.05, 0.1) is 6.54 Å². The highest BCUT2D eigenvalue weighted by molar-refractivity contribution is 5.43. The van der Waals surface area contributed by atoms with Crippen molar-refractivity contribution in [3.05, 3.63) is 41.6 Å². The van der Waals surface area contributed by atoms with Gasteiger partial charge in [0.1, 0.15) is 11.6 Å². The summed E-state index contributed by atoms with van der Waals surface area (Å²) in [5.41, 5.74) is 2.37. The quantitative estimate of drug-likeness (QED) is 0.919. The molecule has 0 bridgehead atoms. The monoisotopic (exact) mass is 271 g/mol. The molecular weight excluding hydrogens is 250 g/mol. The van der Waals surface area contributed by atoms with Crippen LogP contribution in [0.2, 0.25) is 0 Å². The number of pyridine rings is 1. The molecule has 0 saturated heterocycles. The Morgan fingerprint density at radius 3 is 3.05 bits per heavy atom. The van der Waals surface area contributed by atoms with Gasteiger partial charge in [-0.05, 0) is 31.2 Å². The van der Waals surface area contributed by atoms with Crippen molar-refractivity contribution in [1.82, 2.24) is 19.9 Å². The van der Waals surface area contributed by atoms with Crippen molar-refractivity contribution in [2.24, 2.45) is 0 Å². The van der Waals surface area contributed by atoms with Gasteiger partial charge in [0.2, 0.25) is 0 Å². The Morgan fingerprint density at radius 1 is 1.30 bits per heavy atom. The molecule has 1 N–H and O–H groups in total. The molecule has 1 aliphatic rings. The van der Waals surface area contributed by atoms with Gasteiger partial charge in [-0.25, -0.2) is 9.97 Å². The molecule has 0 fully saturated rings. The first kappa shape index (κ1) is 13.1. The third-order valence-electron chi connectivity index (χ3n) is 3.65. The topological polar surface area (TPSA) is 46.0 Å². The van der Waals surface area contributed by atoms with Crippen LogP contribution in [0.1, 0.15) is 24.0 Å². The second kappa shape index (κ2) is 5.63. The SMILES string of the molecule is CCNCc1cc(C)nc(N2CCn3ccnc3C2)c1. The molecule has 0 radical (unpaired) electrons. The number of imidazole rings is 1. The zero-order valence-electron chi connectivity index (χ0n) is 12.1. The summed E-state index contributed by atoms with van der Waals surface area (Å²) in [7, 11) is 0. The van der Waals surface area contributed by atoms with Gasteiger partial charge < -0.3 is 14.8 Å². The molecule has 5 nitrogen and oxygen atoms in total. The van der Waals surface area contributed by atoms with Crippen LogP contribution in [0.4, 0.5) is 5.82 Å². The van der Waals surface area contributed by atoms with Crippen LogP contribution >= 0.6 is 0 Å². The average molecular weight is 271 g/mol. The fourth-order valence-electron chi connectivity index (χ4n) is 2.62. The molecule has 0 aromatic carbocycles. The van der Waals surface area contributed by atoms with Gasteiger partial charge in [0.25, 0.3) is 0 Å². The number of hydrogen-bond donors (Lipinski definition) is 1. The van der Waals surface area contributed by atoms with E-state index in [2.05, 4.69) is 50.7 Å². The van der Waals surface area contributed by atoms with E-state index in [9.17, 15) is 0 Å². The molecule has 0 saturated carbocycles. The lowest BCUT2D eigenvalue weighted by Crippen LogP contribution is -2.34. The average Bonchev–Trinajstić information content (AvgIpc) is 2.92. The van der Waals surface area contributed by atoms with Crippen LogP contribution in [-0.2, 0) is 19.6 Å². The largest absolute Gasteiger partial charge is 0.347 e. The van der Waals surface area contributed by atoms with Crippen molar-refractivity contribution in [1.29, 1.82) is 0 Å². The number of fused-ring (bicyclic) bond motifs is 1. The third-order valence-corrected chi connectivity index (χ3v) is 3.65. The first-order valence-corrected chi connectivity index (χ1v) is 7.19. The van der Waals surface area contributed by atoms with Gasteiger partial charge in [0.15, 0.2) is 0 Å². The molecule has 0 unspecified atom stereocenters. The van der Waals surface area contributed by atoms with Crippen LogP contribution in [0.15, 0.2) is 24.5 Å². The van der Waals surface area contributed by atoms with Gasteiger partial charge in [-0.1, -0.05) is 6.92 Å². The molecule has 0 spiro atoms. The van der Waals surface area contributed by atoms with Crippen molar-refractivity contribution >= 4 is 5.82 Å². The van der Waals surface area contributed by atoms with Crippen LogP contribution in [0.25, 0.3) is 0 Å². The lowest BCUT2D eigenvalue weighted by molar-refractivity contribution is 0.555. The maximum absolute atomic E-state index is 4.68. The van der Waals surface area contributed by atoms with E-state index in [0.717, 1.165) is 50.1 Å². The van der Waals surface area contributed by atoms with Gasteiger partial charge >= 0.3 is 0 Å². The van der Waals surface area contributed by atoms with Gasteiger partial charge in [-0.3, -0.25) is 0 Å². The molecule has 106 valence electrons. The summed E-state index contributed by atoms with van der Waals surface area (Å²) >= 11 is 0. The van der Waals surface area contributed by atoms with E-state index < -0.39 is 0 Å². The summed E-state index contributed by atoms with van der Waals surface area (Å²) in [6.45, 7) is 8.87. The lowest BCUT2D eigenvalue weighted by Gasteiger charge is -2.29. The highest BCUT2D eigenvalue weighted by atomic mass is 15.3. The van der Waals surface area contributed by atoms with E-state index in [0.29, 0.717) is 0 Å². The maximum atomic E-state index is 4.68. The van der Waals surface area contributed by atoms with E-state index in [-0.39, 0.29) is 0 Å². The summed E-state index contributed by atoms with van der Waals surface area (Å²) in [5.74, 6) is 2.18. The van der Waals surface area contributed by atoms with Crippen molar-refractivity contribution in [3.63, 3.8) is 0 Å². The molecule has 20 heavy (non-hydrogen) atoms. The Kier molecular flexibility index (Phi) is 3.69. The molecule has 3 rings (SSSR count). The molecular formula is C15H21N5. The summed E-state index contributed by atoms with van der Waals surface area (Å²) in [4.78, 5) is 11.4. The first-order valence-electron chi connectivity index (χ1n) is 7.19. The number of anilines is 1. The first-order chi connectivity index (χ1) is 9.76. The molecule has 2 aromatic rings. The Labute approximate surface area is 119 Å². The third kappa shape index (κ3) is 2.67. The predicted molar refractivity (Wildman–Crippen MR) is 79.6 cm³/mol. The predicted octanol–water partition coefficient (Wildman–Crippen LogP) is 1.72. The van der Waals surface area contributed by atoms with Gasteiger partial charge in [0, 0.05) is 37.7 Å². The molecule has 2 aromatic heterocycles. The number of nitrogens with zero attached hydrogens (tertiary/aromatic N) is 4. The maximum Gasteiger partial charge on any atom is 0.129 e. The van der Waals surface area contributed by atoms with Crippen LogP contribution < -0.4 is 10.2 Å². The number of hydrogen-bond acceptors (Lipinski definition) is 4. The minimum Gasteiger partial charge on any atom is -0.347 e. The lowest BCUT2D eigenvalue weighted by atomic mass is 10.2. The van der Waals surface area contributed by atoms with Crippen LogP contribution in [-0.4, -0.2) is 27.6 Å². The fraction of sp³-hybridized carbons (Fsp3) is 0.467. The molecule has 1 aliphatic heterocycles. The normalized spacial score (nSPS) is 14.4. The van der Waals surface area contributed by atoms with E-state index in [1.807, 2.05) is 12.4 Å². The van der Waals surface area contributed by atoms with Gasteiger partial charge in [-0.15, -0.1) is 0 Å². The second-order valence-corrected chi connectivity index (χ2v) is 5.21. The fourth-order valence-corrected chi connectivity index (χ4v) is 2.62. The number of rotatable bonds is 4. The molecule has 0 amide bonds.